The molecule has 4 rings (SSSR count). The number of hydrogen-bond acceptors (Lipinski definition) is 1. The van der Waals surface area contributed by atoms with Crippen LogP contribution in [0.25, 0.3) is 0 Å². The van der Waals surface area contributed by atoms with Crippen molar-refractivity contribution >= 4 is 5.78 Å². The lowest BCUT2D eigenvalue weighted by Crippen LogP contribution is -2.55. The molecule has 0 aromatic heterocycles. The third kappa shape index (κ3) is 2.43. The Labute approximate surface area is 155 Å². The van der Waals surface area contributed by atoms with Crippen LogP contribution in [0.3, 0.4) is 0 Å². The van der Waals surface area contributed by atoms with Gasteiger partial charge >= 0.3 is 0 Å². The summed E-state index contributed by atoms with van der Waals surface area (Å²) in [6.07, 6.45) is 13.4. The maximum Gasteiger partial charge on any atom is 0.155 e. The molecule has 0 amide bonds. The van der Waals surface area contributed by atoms with Crippen molar-refractivity contribution in [2.75, 3.05) is 0 Å². The van der Waals surface area contributed by atoms with Crippen LogP contribution in [-0.4, -0.2) is 5.78 Å². The number of ketones is 1. The Morgan fingerprint density at radius 3 is 2.68 bits per heavy atom. The molecule has 0 heterocycles. The van der Waals surface area contributed by atoms with Gasteiger partial charge in [-0.05, 0) is 90.4 Å². The van der Waals surface area contributed by atoms with E-state index in [0.717, 1.165) is 41.9 Å². The first-order valence-electron chi connectivity index (χ1n) is 11.0. The minimum Gasteiger partial charge on any atom is -0.295 e. The van der Waals surface area contributed by atoms with Crippen LogP contribution < -0.4 is 0 Å². The summed E-state index contributed by atoms with van der Waals surface area (Å²) in [7, 11) is 0. The van der Waals surface area contributed by atoms with Gasteiger partial charge in [0, 0.05) is 6.42 Å². The van der Waals surface area contributed by atoms with Gasteiger partial charge in [-0.3, -0.25) is 4.79 Å². The predicted molar refractivity (Wildman–Crippen MR) is 104 cm³/mol. The lowest BCUT2D eigenvalue weighted by Gasteiger charge is -2.61. The second-order valence-electron chi connectivity index (χ2n) is 10.7. The fourth-order valence-corrected chi connectivity index (χ4v) is 8.28. The van der Waals surface area contributed by atoms with Gasteiger partial charge in [0.05, 0.1) is 0 Å². The summed E-state index contributed by atoms with van der Waals surface area (Å²) in [5, 5.41) is 0. The molecular weight excluding hydrogens is 304 g/mol. The van der Waals surface area contributed by atoms with Gasteiger partial charge < -0.3 is 0 Å². The van der Waals surface area contributed by atoms with Crippen molar-refractivity contribution in [2.45, 2.75) is 79.6 Å². The molecule has 3 fully saturated rings. The summed E-state index contributed by atoms with van der Waals surface area (Å²) in [4.78, 5) is 12.0. The average molecular weight is 343 g/mol. The van der Waals surface area contributed by atoms with Gasteiger partial charge in [-0.25, -0.2) is 0 Å². The molecule has 1 heteroatoms. The monoisotopic (exact) mass is 342 g/mol. The van der Waals surface area contributed by atoms with Crippen molar-refractivity contribution in [3.8, 4) is 0 Å². The maximum atomic E-state index is 12.0. The molecule has 0 aromatic rings. The average Bonchev–Trinajstić information content (AvgIpc) is 2.93. The first kappa shape index (κ1) is 17.8. The van der Waals surface area contributed by atoms with Gasteiger partial charge in [0.25, 0.3) is 0 Å². The topological polar surface area (TPSA) is 17.1 Å². The fraction of sp³-hybridized carbons (Fsp3) is 0.875. The smallest absolute Gasteiger partial charge is 0.155 e. The maximum absolute atomic E-state index is 12.0. The summed E-state index contributed by atoms with van der Waals surface area (Å²) in [5.74, 6) is 6.17. The number of rotatable bonds is 2. The van der Waals surface area contributed by atoms with Crippen LogP contribution in [0.2, 0.25) is 0 Å². The van der Waals surface area contributed by atoms with E-state index in [0.29, 0.717) is 17.1 Å². The summed E-state index contributed by atoms with van der Waals surface area (Å²) in [6, 6.07) is 0. The molecule has 1 nitrogen and oxygen atoms in total. The Morgan fingerprint density at radius 1 is 1.20 bits per heavy atom. The molecule has 0 aromatic carbocycles. The zero-order chi connectivity index (χ0) is 18.0. The van der Waals surface area contributed by atoms with Gasteiger partial charge in [-0.2, -0.15) is 0 Å². The minimum atomic E-state index is 0.279. The van der Waals surface area contributed by atoms with E-state index in [1.165, 1.54) is 38.5 Å². The van der Waals surface area contributed by atoms with Gasteiger partial charge in [-0.15, -0.1) is 0 Å². The minimum absolute atomic E-state index is 0.279. The summed E-state index contributed by atoms with van der Waals surface area (Å²) in [6.45, 7) is 12.5. The summed E-state index contributed by atoms with van der Waals surface area (Å²) in [5.41, 5.74) is 0.850. The Kier molecular flexibility index (Phi) is 4.25. The zero-order valence-corrected chi connectivity index (χ0v) is 17.1. The van der Waals surface area contributed by atoms with Crippen LogP contribution in [0.5, 0.6) is 0 Å². The standard InChI is InChI=1S/C24H38O/c1-6-15(2)19-7-8-20-22-16(3)13-17-14-18(25)9-11-23(17,4)21(22)10-12-24(19,20)5/h9,11,15-17,19-22H,6-8,10,12-14H2,1-5H3/t15-,16-,17+,19-,20?,21?,22?,23+,24-/m1/s1. The summed E-state index contributed by atoms with van der Waals surface area (Å²) >= 11 is 0. The van der Waals surface area contributed by atoms with Crippen molar-refractivity contribution in [2.24, 2.45) is 52.3 Å². The second-order valence-corrected chi connectivity index (χ2v) is 10.7. The molecule has 0 spiro atoms. The second kappa shape index (κ2) is 5.96. The number of allylic oxidation sites excluding steroid dienone is 2. The third-order valence-electron chi connectivity index (χ3n) is 9.80. The zero-order valence-electron chi connectivity index (χ0n) is 17.1. The molecule has 9 atom stereocenters. The lowest BCUT2D eigenvalue weighted by molar-refractivity contribution is -0.129. The summed E-state index contributed by atoms with van der Waals surface area (Å²) < 4.78 is 0. The van der Waals surface area contributed by atoms with Crippen molar-refractivity contribution < 1.29 is 4.79 Å². The van der Waals surface area contributed by atoms with Crippen molar-refractivity contribution in [1.82, 2.24) is 0 Å². The first-order chi connectivity index (χ1) is 11.8. The molecule has 3 saturated carbocycles. The van der Waals surface area contributed by atoms with E-state index in [1.54, 1.807) is 0 Å². The number of hydrogen-bond donors (Lipinski definition) is 0. The van der Waals surface area contributed by atoms with E-state index in [4.69, 9.17) is 0 Å². The third-order valence-corrected chi connectivity index (χ3v) is 9.80. The van der Waals surface area contributed by atoms with E-state index < -0.39 is 0 Å². The molecule has 25 heavy (non-hydrogen) atoms. The fourth-order valence-electron chi connectivity index (χ4n) is 8.28. The lowest BCUT2D eigenvalue weighted by atomic mass is 9.43. The van der Waals surface area contributed by atoms with Gasteiger partial charge in [0.15, 0.2) is 5.78 Å². The molecule has 4 aliphatic carbocycles. The van der Waals surface area contributed by atoms with Crippen LogP contribution in [0.1, 0.15) is 79.6 Å². The molecular formula is C24H38O. The van der Waals surface area contributed by atoms with Gasteiger partial charge in [-0.1, -0.05) is 47.1 Å². The largest absolute Gasteiger partial charge is 0.295 e. The van der Waals surface area contributed by atoms with Gasteiger partial charge in [0.2, 0.25) is 0 Å². The number of carbonyl (C=O) groups excluding carboxylic acids is 1. The quantitative estimate of drug-likeness (QED) is 0.577. The van der Waals surface area contributed by atoms with Crippen LogP contribution >= 0.6 is 0 Å². The molecule has 3 unspecified atom stereocenters. The van der Waals surface area contributed by atoms with Crippen LogP contribution in [0, 0.1) is 52.3 Å². The molecule has 140 valence electrons. The van der Waals surface area contributed by atoms with Crippen molar-refractivity contribution in [3.05, 3.63) is 12.2 Å². The molecule has 0 aliphatic heterocycles. The normalized spacial score (nSPS) is 53.1. The van der Waals surface area contributed by atoms with E-state index in [-0.39, 0.29) is 5.41 Å². The van der Waals surface area contributed by atoms with E-state index in [2.05, 4.69) is 40.7 Å². The highest BCUT2D eigenvalue weighted by molar-refractivity contribution is 5.91. The first-order valence-corrected chi connectivity index (χ1v) is 11.0. The molecule has 0 radical (unpaired) electrons. The molecule has 4 aliphatic rings. The van der Waals surface area contributed by atoms with Crippen molar-refractivity contribution in [3.63, 3.8) is 0 Å². The van der Waals surface area contributed by atoms with Crippen molar-refractivity contribution in [1.29, 1.82) is 0 Å². The Bertz CT molecular complexity index is 577. The molecule has 0 N–H and O–H groups in total. The van der Waals surface area contributed by atoms with Crippen LogP contribution in [-0.2, 0) is 4.79 Å². The molecule has 0 saturated heterocycles. The van der Waals surface area contributed by atoms with E-state index >= 15 is 0 Å². The number of fused-ring (bicyclic) bond motifs is 5. The highest BCUT2D eigenvalue weighted by Crippen LogP contribution is 2.68. The number of carbonyl (C=O) groups is 1. The SMILES string of the molecule is CC[C@@H](C)[C@H]1CCC2C3C(CC[C@@]21C)[C@@]1(C)C=CC(=O)C[C@@H]1C[C@H]3C. The van der Waals surface area contributed by atoms with Crippen LogP contribution in [0.4, 0.5) is 0 Å². The van der Waals surface area contributed by atoms with E-state index in [9.17, 15) is 4.79 Å². The Hall–Kier alpha value is -0.590. The highest BCUT2D eigenvalue weighted by atomic mass is 16.1. The van der Waals surface area contributed by atoms with Crippen LogP contribution in [0.15, 0.2) is 12.2 Å². The predicted octanol–water partition coefficient (Wildman–Crippen LogP) is 6.28. The Balaban J connectivity index is 1.68. The highest BCUT2D eigenvalue weighted by Gasteiger charge is 2.61. The van der Waals surface area contributed by atoms with E-state index in [1.807, 2.05) is 6.08 Å². The van der Waals surface area contributed by atoms with Gasteiger partial charge in [0.1, 0.15) is 0 Å². The Morgan fingerprint density at radius 2 is 1.96 bits per heavy atom. The molecule has 0 bridgehead atoms.